The quantitative estimate of drug-likeness (QED) is 0.867. The second-order valence-corrected chi connectivity index (χ2v) is 5.17. The third kappa shape index (κ3) is 3.36. The largest absolute Gasteiger partial charge is 0.486 e. The van der Waals surface area contributed by atoms with Gasteiger partial charge in [0.2, 0.25) is 0 Å². The highest BCUT2D eigenvalue weighted by molar-refractivity contribution is 9.09. The second kappa shape index (κ2) is 5.40. The minimum Gasteiger partial charge on any atom is -0.486 e. The molecule has 0 bridgehead atoms. The first-order chi connectivity index (χ1) is 8.15. The first kappa shape index (κ1) is 12.2. The summed E-state index contributed by atoms with van der Waals surface area (Å²) in [6.07, 6.45) is 0.761. The van der Waals surface area contributed by atoms with Crippen molar-refractivity contribution in [3.05, 3.63) is 23.8 Å². The van der Waals surface area contributed by atoms with Crippen LogP contribution in [0.4, 0.5) is 0 Å². The molecule has 0 aromatic heterocycles. The van der Waals surface area contributed by atoms with Crippen molar-refractivity contribution >= 4 is 21.9 Å². The van der Waals surface area contributed by atoms with Crippen LogP contribution in [-0.4, -0.2) is 29.1 Å². The second-order valence-electron chi connectivity index (χ2n) is 3.88. The Morgan fingerprint density at radius 2 is 2.06 bits per heavy atom. The molecule has 2 rings (SSSR count). The van der Waals surface area contributed by atoms with Gasteiger partial charge in [0.15, 0.2) is 11.5 Å². The van der Waals surface area contributed by atoms with Crippen LogP contribution < -0.4 is 9.47 Å². The van der Waals surface area contributed by atoms with E-state index in [1.54, 1.807) is 0 Å². The number of carbonyl (C=O) groups is 1. The van der Waals surface area contributed by atoms with E-state index in [0.29, 0.717) is 19.6 Å². The van der Waals surface area contributed by atoms with Gasteiger partial charge in [-0.05, 0) is 24.1 Å². The third-order valence-electron chi connectivity index (χ3n) is 2.46. The zero-order chi connectivity index (χ0) is 12.3. The monoisotopic (exact) mass is 300 g/mol. The predicted octanol–water partition coefficient (Wildman–Crippen LogP) is 2.24. The van der Waals surface area contributed by atoms with Crippen LogP contribution in [0.1, 0.15) is 12.0 Å². The lowest BCUT2D eigenvalue weighted by molar-refractivity contribution is -0.136. The highest BCUT2D eigenvalue weighted by Crippen LogP contribution is 2.31. The van der Waals surface area contributed by atoms with Crippen LogP contribution in [-0.2, 0) is 11.2 Å². The van der Waals surface area contributed by atoms with Crippen LogP contribution in [0.5, 0.6) is 11.5 Å². The Labute approximate surface area is 108 Å². The number of rotatable bonds is 4. The number of benzene rings is 1. The van der Waals surface area contributed by atoms with E-state index in [-0.39, 0.29) is 11.2 Å². The van der Waals surface area contributed by atoms with E-state index < -0.39 is 5.97 Å². The Balaban J connectivity index is 2.04. The Morgan fingerprint density at radius 3 is 2.76 bits per heavy atom. The summed E-state index contributed by atoms with van der Waals surface area (Å²) >= 11 is 3.36. The van der Waals surface area contributed by atoms with Gasteiger partial charge < -0.3 is 14.6 Å². The molecule has 17 heavy (non-hydrogen) atoms. The number of hydrogen-bond donors (Lipinski definition) is 1. The summed E-state index contributed by atoms with van der Waals surface area (Å²) in [6.45, 7) is 1.13. The number of carboxylic acid groups (broad SMARTS) is 1. The molecule has 0 aliphatic carbocycles. The van der Waals surface area contributed by atoms with Gasteiger partial charge in [-0.15, -0.1) is 0 Å². The maximum absolute atomic E-state index is 10.6. The van der Waals surface area contributed by atoms with Gasteiger partial charge in [-0.2, -0.15) is 0 Å². The van der Waals surface area contributed by atoms with Crippen LogP contribution in [0.3, 0.4) is 0 Å². The van der Waals surface area contributed by atoms with Gasteiger partial charge in [0, 0.05) is 4.83 Å². The van der Waals surface area contributed by atoms with Crippen LogP contribution >= 0.6 is 15.9 Å². The minimum absolute atomic E-state index is 0.0671. The summed E-state index contributed by atoms with van der Waals surface area (Å²) in [4.78, 5) is 10.5. The fourth-order valence-corrected chi connectivity index (χ4v) is 2.38. The maximum atomic E-state index is 10.6. The molecule has 1 aliphatic rings. The molecular weight excluding hydrogens is 288 g/mol. The number of alkyl halides is 1. The van der Waals surface area contributed by atoms with Gasteiger partial charge in [-0.1, -0.05) is 22.0 Å². The van der Waals surface area contributed by atoms with Gasteiger partial charge in [0.25, 0.3) is 0 Å². The fourth-order valence-electron chi connectivity index (χ4n) is 1.73. The van der Waals surface area contributed by atoms with E-state index in [9.17, 15) is 4.79 Å². The number of aliphatic carboxylic acids is 1. The number of carboxylic acids is 1. The Hall–Kier alpha value is -1.23. The summed E-state index contributed by atoms with van der Waals surface area (Å²) in [7, 11) is 0. The number of hydrogen-bond acceptors (Lipinski definition) is 3. The van der Waals surface area contributed by atoms with Crippen molar-refractivity contribution in [2.45, 2.75) is 17.7 Å². The molecule has 0 spiro atoms. The molecular formula is C12H13BrO4. The normalized spacial score (nSPS) is 15.4. The lowest BCUT2D eigenvalue weighted by Crippen LogP contribution is -2.16. The van der Waals surface area contributed by atoms with E-state index in [1.807, 2.05) is 18.2 Å². The summed E-state index contributed by atoms with van der Waals surface area (Å²) in [5.74, 6) is 0.692. The maximum Gasteiger partial charge on any atom is 0.304 e. The Bertz CT molecular complexity index is 419. The lowest BCUT2D eigenvalue weighted by Gasteiger charge is -2.19. The lowest BCUT2D eigenvalue weighted by atomic mass is 10.1. The topological polar surface area (TPSA) is 55.8 Å². The minimum atomic E-state index is -0.801. The average Bonchev–Trinajstić information content (AvgIpc) is 2.27. The first-order valence-corrected chi connectivity index (χ1v) is 6.31. The van der Waals surface area contributed by atoms with E-state index >= 15 is 0 Å². The van der Waals surface area contributed by atoms with E-state index in [1.165, 1.54) is 0 Å². The zero-order valence-corrected chi connectivity index (χ0v) is 10.8. The molecule has 92 valence electrons. The number of ether oxygens (including phenoxy) is 2. The van der Waals surface area contributed by atoms with Gasteiger partial charge in [-0.25, -0.2) is 0 Å². The molecule has 0 saturated heterocycles. The van der Waals surface area contributed by atoms with Crippen molar-refractivity contribution < 1.29 is 19.4 Å². The number of fused-ring (bicyclic) bond motifs is 1. The highest BCUT2D eigenvalue weighted by Gasteiger charge is 2.14. The van der Waals surface area contributed by atoms with Crippen LogP contribution in [0.2, 0.25) is 0 Å². The standard InChI is InChI=1S/C12H13BrO4/c13-9(7-12(14)15)5-8-1-2-10-11(6-8)17-4-3-16-10/h1-2,6,9H,3-5,7H2,(H,14,15). The zero-order valence-electron chi connectivity index (χ0n) is 9.19. The van der Waals surface area contributed by atoms with E-state index in [2.05, 4.69) is 15.9 Å². The van der Waals surface area contributed by atoms with Crippen LogP contribution in [0.25, 0.3) is 0 Å². The summed E-state index contributed by atoms with van der Waals surface area (Å²) in [5.41, 5.74) is 1.04. The average molecular weight is 301 g/mol. The predicted molar refractivity (Wildman–Crippen MR) is 66.1 cm³/mol. The summed E-state index contributed by atoms with van der Waals surface area (Å²) in [5, 5.41) is 8.68. The van der Waals surface area contributed by atoms with E-state index in [4.69, 9.17) is 14.6 Å². The van der Waals surface area contributed by atoms with Crippen LogP contribution in [0.15, 0.2) is 18.2 Å². The molecule has 0 saturated carbocycles. The SMILES string of the molecule is O=C(O)CC(Br)Cc1ccc2c(c1)OCCO2. The van der Waals surface area contributed by atoms with Crippen molar-refractivity contribution in [2.75, 3.05) is 13.2 Å². The molecule has 5 heteroatoms. The van der Waals surface area contributed by atoms with Crippen molar-refractivity contribution in [1.29, 1.82) is 0 Å². The van der Waals surface area contributed by atoms with Gasteiger partial charge >= 0.3 is 5.97 Å². The molecule has 1 heterocycles. The molecule has 1 aromatic carbocycles. The molecule has 1 aromatic rings. The first-order valence-electron chi connectivity index (χ1n) is 5.39. The molecule has 0 fully saturated rings. The summed E-state index contributed by atoms with van der Waals surface area (Å²) in [6, 6.07) is 5.71. The van der Waals surface area contributed by atoms with Crippen molar-refractivity contribution in [1.82, 2.24) is 0 Å². The molecule has 0 radical (unpaired) electrons. The Morgan fingerprint density at radius 1 is 1.35 bits per heavy atom. The summed E-state index contributed by atoms with van der Waals surface area (Å²) < 4.78 is 10.9. The third-order valence-corrected chi connectivity index (χ3v) is 3.11. The Kier molecular flexibility index (Phi) is 3.89. The molecule has 1 unspecified atom stereocenters. The van der Waals surface area contributed by atoms with Crippen LogP contribution in [0, 0.1) is 0 Å². The van der Waals surface area contributed by atoms with Crippen molar-refractivity contribution in [3.8, 4) is 11.5 Å². The molecule has 4 nitrogen and oxygen atoms in total. The fraction of sp³-hybridized carbons (Fsp3) is 0.417. The van der Waals surface area contributed by atoms with Crippen molar-refractivity contribution in [2.24, 2.45) is 0 Å². The van der Waals surface area contributed by atoms with Crippen molar-refractivity contribution in [3.63, 3.8) is 0 Å². The molecule has 1 atom stereocenters. The van der Waals surface area contributed by atoms with Gasteiger partial charge in [0.05, 0.1) is 6.42 Å². The van der Waals surface area contributed by atoms with Gasteiger partial charge in [-0.3, -0.25) is 4.79 Å². The van der Waals surface area contributed by atoms with E-state index in [0.717, 1.165) is 17.1 Å². The highest BCUT2D eigenvalue weighted by atomic mass is 79.9. The molecule has 1 N–H and O–H groups in total. The molecule has 0 amide bonds. The molecule has 1 aliphatic heterocycles. The van der Waals surface area contributed by atoms with Gasteiger partial charge in [0.1, 0.15) is 13.2 Å². The smallest absolute Gasteiger partial charge is 0.304 e. The number of halogens is 1.